The molecule has 0 aliphatic rings. The molecule has 0 amide bonds. The molecule has 0 saturated heterocycles. The second-order valence-corrected chi connectivity index (χ2v) is 3.09. The van der Waals surface area contributed by atoms with Gasteiger partial charge < -0.3 is 19.5 Å². The van der Waals surface area contributed by atoms with Crippen LogP contribution < -0.4 is 4.90 Å². The van der Waals surface area contributed by atoms with Crippen molar-refractivity contribution in [3.8, 4) is 0 Å². The van der Waals surface area contributed by atoms with Crippen molar-refractivity contribution in [2.75, 3.05) is 18.6 Å². The molecule has 1 rings (SSSR count). The Kier molecular flexibility index (Phi) is 3.14. The zero-order chi connectivity index (χ0) is 10.7. The first-order valence-electron chi connectivity index (χ1n) is 4.23. The minimum atomic E-state index is -1.10. The molecule has 5 nitrogen and oxygen atoms in total. The van der Waals surface area contributed by atoms with E-state index in [2.05, 4.69) is 0 Å². The summed E-state index contributed by atoms with van der Waals surface area (Å²) in [5, 5.41) is 17.5. The van der Waals surface area contributed by atoms with E-state index in [0.29, 0.717) is 5.88 Å². The van der Waals surface area contributed by atoms with Gasteiger partial charge in [-0.2, -0.15) is 0 Å². The molecule has 0 radical (unpaired) electrons. The maximum Gasteiger partial charge on any atom is 0.371 e. The number of aliphatic hydroxyl groups is 1. The number of aliphatic hydroxyl groups excluding tert-OH is 1. The van der Waals surface area contributed by atoms with Gasteiger partial charge in [0.1, 0.15) is 0 Å². The Hall–Kier alpha value is -1.49. The number of hydrogen-bond acceptors (Lipinski definition) is 4. The van der Waals surface area contributed by atoms with Crippen LogP contribution >= 0.6 is 0 Å². The molecule has 1 heterocycles. The van der Waals surface area contributed by atoms with Crippen LogP contribution in [0.25, 0.3) is 0 Å². The number of carbonyl (C=O) groups is 1. The number of furan rings is 1. The Labute approximate surface area is 81.6 Å². The summed E-state index contributed by atoms with van der Waals surface area (Å²) in [4.78, 5) is 12.2. The van der Waals surface area contributed by atoms with Crippen molar-refractivity contribution < 1.29 is 19.4 Å². The molecule has 0 aromatic carbocycles. The van der Waals surface area contributed by atoms with Gasteiger partial charge in [-0.3, -0.25) is 0 Å². The summed E-state index contributed by atoms with van der Waals surface area (Å²) in [6, 6.07) is 2.84. The topological polar surface area (TPSA) is 73.9 Å². The van der Waals surface area contributed by atoms with Crippen LogP contribution in [-0.2, 0) is 0 Å². The minimum Gasteiger partial charge on any atom is -0.475 e. The van der Waals surface area contributed by atoms with Gasteiger partial charge in [-0.15, -0.1) is 0 Å². The number of likely N-dealkylation sites (N-methyl/N-ethyl adjacent to an activating group) is 1. The van der Waals surface area contributed by atoms with E-state index in [-0.39, 0.29) is 18.4 Å². The van der Waals surface area contributed by atoms with E-state index in [1.807, 2.05) is 6.92 Å². The molecule has 1 aromatic heterocycles. The first-order valence-corrected chi connectivity index (χ1v) is 4.23. The Morgan fingerprint density at radius 1 is 1.64 bits per heavy atom. The minimum absolute atomic E-state index is 0.0143. The molecule has 0 saturated carbocycles. The van der Waals surface area contributed by atoms with Gasteiger partial charge in [-0.25, -0.2) is 4.79 Å². The lowest BCUT2D eigenvalue weighted by atomic mass is 10.3. The summed E-state index contributed by atoms with van der Waals surface area (Å²) in [6.07, 6.45) is 0. The van der Waals surface area contributed by atoms with Crippen LogP contribution in [0.2, 0.25) is 0 Å². The normalized spacial score (nSPS) is 12.5. The van der Waals surface area contributed by atoms with Crippen LogP contribution in [0, 0.1) is 0 Å². The monoisotopic (exact) mass is 199 g/mol. The lowest BCUT2D eigenvalue weighted by Crippen LogP contribution is -2.31. The fourth-order valence-corrected chi connectivity index (χ4v) is 0.972. The molecule has 2 N–H and O–H groups in total. The second-order valence-electron chi connectivity index (χ2n) is 3.09. The highest BCUT2D eigenvalue weighted by Gasteiger charge is 2.15. The molecule has 78 valence electrons. The van der Waals surface area contributed by atoms with Gasteiger partial charge in [0.05, 0.1) is 12.6 Å². The lowest BCUT2D eigenvalue weighted by Gasteiger charge is -2.21. The average Bonchev–Trinajstić information content (AvgIpc) is 2.64. The van der Waals surface area contributed by atoms with Crippen molar-refractivity contribution in [1.82, 2.24) is 0 Å². The van der Waals surface area contributed by atoms with Crippen molar-refractivity contribution in [2.24, 2.45) is 0 Å². The smallest absolute Gasteiger partial charge is 0.371 e. The van der Waals surface area contributed by atoms with Crippen LogP contribution in [-0.4, -0.2) is 35.9 Å². The van der Waals surface area contributed by atoms with Gasteiger partial charge in [-0.1, -0.05) is 0 Å². The first-order chi connectivity index (χ1) is 6.56. The highest BCUT2D eigenvalue weighted by Crippen LogP contribution is 2.18. The largest absolute Gasteiger partial charge is 0.475 e. The van der Waals surface area contributed by atoms with E-state index >= 15 is 0 Å². The van der Waals surface area contributed by atoms with Gasteiger partial charge >= 0.3 is 5.97 Å². The van der Waals surface area contributed by atoms with Crippen LogP contribution in [0.5, 0.6) is 0 Å². The second kappa shape index (κ2) is 4.15. The fourth-order valence-electron chi connectivity index (χ4n) is 0.972. The van der Waals surface area contributed by atoms with Crippen molar-refractivity contribution in [1.29, 1.82) is 0 Å². The molecule has 5 heteroatoms. The van der Waals surface area contributed by atoms with Gasteiger partial charge in [0.15, 0.2) is 5.88 Å². The Bertz CT molecular complexity index is 320. The van der Waals surface area contributed by atoms with Crippen LogP contribution in [0.3, 0.4) is 0 Å². The van der Waals surface area contributed by atoms with E-state index in [9.17, 15) is 4.79 Å². The number of anilines is 1. The maximum absolute atomic E-state index is 10.5. The van der Waals surface area contributed by atoms with E-state index < -0.39 is 5.97 Å². The van der Waals surface area contributed by atoms with E-state index in [4.69, 9.17) is 14.6 Å². The van der Waals surface area contributed by atoms with Crippen molar-refractivity contribution >= 4 is 11.9 Å². The van der Waals surface area contributed by atoms with Crippen LogP contribution in [0.4, 0.5) is 5.88 Å². The highest BCUT2D eigenvalue weighted by atomic mass is 16.4. The first kappa shape index (κ1) is 10.6. The predicted molar refractivity (Wildman–Crippen MR) is 50.6 cm³/mol. The average molecular weight is 199 g/mol. The van der Waals surface area contributed by atoms with Crippen molar-refractivity contribution in [3.63, 3.8) is 0 Å². The fraction of sp³-hybridized carbons (Fsp3) is 0.444. The van der Waals surface area contributed by atoms with Gasteiger partial charge in [0.2, 0.25) is 5.76 Å². The third kappa shape index (κ3) is 2.05. The summed E-state index contributed by atoms with van der Waals surface area (Å²) in [6.45, 7) is 1.79. The summed E-state index contributed by atoms with van der Waals surface area (Å²) in [7, 11) is 1.73. The third-order valence-electron chi connectivity index (χ3n) is 2.08. The molecule has 14 heavy (non-hydrogen) atoms. The van der Waals surface area contributed by atoms with E-state index in [1.54, 1.807) is 18.0 Å². The molecular formula is C9H13NO4. The van der Waals surface area contributed by atoms with Gasteiger partial charge in [0.25, 0.3) is 0 Å². The highest BCUT2D eigenvalue weighted by molar-refractivity contribution is 5.84. The molecule has 0 bridgehead atoms. The van der Waals surface area contributed by atoms with Gasteiger partial charge in [-0.05, 0) is 13.0 Å². The number of aromatic carboxylic acids is 1. The Morgan fingerprint density at radius 2 is 2.29 bits per heavy atom. The number of carboxylic acid groups (broad SMARTS) is 1. The SMILES string of the molecule is CC(CO)N(C)c1ccc(C(=O)O)o1. The number of hydrogen-bond donors (Lipinski definition) is 2. The molecule has 0 aliphatic heterocycles. The third-order valence-corrected chi connectivity index (χ3v) is 2.08. The van der Waals surface area contributed by atoms with Crippen LogP contribution in [0.1, 0.15) is 17.5 Å². The molecule has 0 spiro atoms. The van der Waals surface area contributed by atoms with Crippen molar-refractivity contribution in [3.05, 3.63) is 17.9 Å². The Morgan fingerprint density at radius 3 is 2.71 bits per heavy atom. The molecular weight excluding hydrogens is 186 g/mol. The molecule has 1 aromatic rings. The molecule has 1 unspecified atom stereocenters. The zero-order valence-corrected chi connectivity index (χ0v) is 8.10. The number of carboxylic acids is 1. The zero-order valence-electron chi connectivity index (χ0n) is 8.10. The quantitative estimate of drug-likeness (QED) is 0.750. The van der Waals surface area contributed by atoms with E-state index in [1.165, 1.54) is 6.07 Å². The maximum atomic E-state index is 10.5. The van der Waals surface area contributed by atoms with Crippen molar-refractivity contribution in [2.45, 2.75) is 13.0 Å². The lowest BCUT2D eigenvalue weighted by molar-refractivity contribution is 0.0663. The number of rotatable bonds is 4. The molecule has 0 aliphatic carbocycles. The summed E-state index contributed by atoms with van der Waals surface area (Å²) >= 11 is 0. The predicted octanol–water partition coefficient (Wildman–Crippen LogP) is 0.795. The summed E-state index contributed by atoms with van der Waals surface area (Å²) in [5.74, 6) is -0.762. The standard InChI is InChI=1S/C9H13NO4/c1-6(5-11)10(2)8-4-3-7(14-8)9(12)13/h3-4,6,11H,5H2,1-2H3,(H,12,13). The molecule has 0 fully saturated rings. The van der Waals surface area contributed by atoms with Gasteiger partial charge in [0, 0.05) is 13.1 Å². The van der Waals surface area contributed by atoms with Crippen LogP contribution in [0.15, 0.2) is 16.5 Å². The summed E-state index contributed by atoms with van der Waals surface area (Å²) < 4.78 is 5.05. The molecule has 1 atom stereocenters. The summed E-state index contributed by atoms with van der Waals surface area (Å²) in [5.41, 5.74) is 0. The Balaban J connectivity index is 2.81. The van der Waals surface area contributed by atoms with E-state index in [0.717, 1.165) is 0 Å². The number of nitrogens with zero attached hydrogens (tertiary/aromatic N) is 1.